The van der Waals surface area contributed by atoms with Crippen molar-refractivity contribution in [3.8, 4) is 0 Å². The van der Waals surface area contributed by atoms with Crippen LogP contribution in [-0.2, 0) is 4.79 Å². The predicted octanol–water partition coefficient (Wildman–Crippen LogP) is 1.90. The van der Waals surface area contributed by atoms with Gasteiger partial charge in [-0.05, 0) is 12.1 Å². The molecule has 1 aliphatic heterocycles. The van der Waals surface area contributed by atoms with Crippen LogP contribution >= 0.6 is 0 Å². The van der Waals surface area contributed by atoms with Crippen LogP contribution in [0, 0.1) is 0 Å². The molecule has 16 heavy (non-hydrogen) atoms. The molecule has 78 valence electrons. The van der Waals surface area contributed by atoms with Crippen LogP contribution in [0.1, 0.15) is 11.1 Å². The summed E-state index contributed by atoms with van der Waals surface area (Å²) >= 11 is 0. The Balaban J connectivity index is 2.12. The van der Waals surface area contributed by atoms with Gasteiger partial charge in [-0.15, -0.1) is 0 Å². The van der Waals surface area contributed by atoms with Crippen LogP contribution in [0.2, 0.25) is 0 Å². The summed E-state index contributed by atoms with van der Waals surface area (Å²) in [7, 11) is 0. The highest BCUT2D eigenvalue weighted by Crippen LogP contribution is 2.32. The van der Waals surface area contributed by atoms with Crippen molar-refractivity contribution in [1.29, 1.82) is 0 Å². The number of hydrogen-bond donors (Lipinski definition) is 2. The van der Waals surface area contributed by atoms with Crippen molar-refractivity contribution >= 4 is 23.2 Å². The number of para-hydroxylation sites is 1. The van der Waals surface area contributed by atoms with Gasteiger partial charge in [0.25, 0.3) is 5.91 Å². The first-order valence-corrected chi connectivity index (χ1v) is 4.96. The maximum absolute atomic E-state index is 11.7. The van der Waals surface area contributed by atoms with Crippen LogP contribution in [0.15, 0.2) is 36.7 Å². The lowest BCUT2D eigenvalue weighted by Crippen LogP contribution is -2.03. The van der Waals surface area contributed by atoms with E-state index in [4.69, 9.17) is 0 Å². The number of fused-ring (bicyclic) bond motifs is 1. The van der Waals surface area contributed by atoms with Gasteiger partial charge in [-0.25, -0.2) is 0 Å². The van der Waals surface area contributed by atoms with Gasteiger partial charge in [0.1, 0.15) is 0 Å². The topological polar surface area (TPSA) is 57.8 Å². The molecule has 0 saturated heterocycles. The van der Waals surface area contributed by atoms with Gasteiger partial charge in [0.15, 0.2) is 0 Å². The lowest BCUT2D eigenvalue weighted by Gasteiger charge is -1.95. The van der Waals surface area contributed by atoms with Crippen molar-refractivity contribution in [2.24, 2.45) is 0 Å². The van der Waals surface area contributed by atoms with E-state index in [1.165, 1.54) is 0 Å². The average molecular weight is 211 g/mol. The SMILES string of the molecule is O=C1Nc2ccccc2C1=Cc1cn[nH]c1. The molecule has 2 heterocycles. The van der Waals surface area contributed by atoms with Gasteiger partial charge in [-0.1, -0.05) is 18.2 Å². The molecule has 0 unspecified atom stereocenters. The molecule has 1 aliphatic rings. The zero-order chi connectivity index (χ0) is 11.0. The Bertz CT molecular complexity index is 570. The standard InChI is InChI=1S/C12H9N3O/c16-12-10(5-8-6-13-14-7-8)9-3-1-2-4-11(9)15-12/h1-7H,(H,13,14)(H,15,16). The summed E-state index contributed by atoms with van der Waals surface area (Å²) < 4.78 is 0. The summed E-state index contributed by atoms with van der Waals surface area (Å²) in [5.41, 5.74) is 3.37. The van der Waals surface area contributed by atoms with Crippen molar-refractivity contribution in [2.75, 3.05) is 5.32 Å². The molecule has 1 amide bonds. The number of amides is 1. The summed E-state index contributed by atoms with van der Waals surface area (Å²) in [6.07, 6.45) is 5.26. The van der Waals surface area contributed by atoms with Crippen molar-refractivity contribution in [1.82, 2.24) is 10.2 Å². The molecule has 1 aromatic carbocycles. The lowest BCUT2D eigenvalue weighted by molar-refractivity contribution is -0.110. The third-order valence-corrected chi connectivity index (χ3v) is 2.54. The van der Waals surface area contributed by atoms with Gasteiger partial charge >= 0.3 is 0 Å². The fourth-order valence-electron chi connectivity index (χ4n) is 1.79. The van der Waals surface area contributed by atoms with E-state index in [1.807, 2.05) is 30.3 Å². The van der Waals surface area contributed by atoms with Crippen LogP contribution in [0.25, 0.3) is 11.6 Å². The maximum Gasteiger partial charge on any atom is 0.256 e. The smallest absolute Gasteiger partial charge is 0.256 e. The van der Waals surface area contributed by atoms with Crippen molar-refractivity contribution in [2.45, 2.75) is 0 Å². The molecule has 0 fully saturated rings. The third-order valence-electron chi connectivity index (χ3n) is 2.54. The molecule has 0 radical (unpaired) electrons. The summed E-state index contributed by atoms with van der Waals surface area (Å²) in [5.74, 6) is -0.0672. The number of aromatic amines is 1. The van der Waals surface area contributed by atoms with E-state index in [0.29, 0.717) is 5.57 Å². The zero-order valence-electron chi connectivity index (χ0n) is 8.40. The average Bonchev–Trinajstić information content (AvgIpc) is 2.89. The predicted molar refractivity (Wildman–Crippen MR) is 61.5 cm³/mol. The molecular weight excluding hydrogens is 202 g/mol. The molecule has 1 aromatic heterocycles. The third kappa shape index (κ3) is 1.32. The van der Waals surface area contributed by atoms with E-state index in [9.17, 15) is 4.79 Å². The number of nitrogens with one attached hydrogen (secondary N) is 2. The molecule has 2 N–H and O–H groups in total. The Morgan fingerprint density at radius 1 is 1.25 bits per heavy atom. The quantitative estimate of drug-likeness (QED) is 0.708. The van der Waals surface area contributed by atoms with E-state index in [0.717, 1.165) is 16.8 Å². The van der Waals surface area contributed by atoms with Gasteiger partial charge in [-0.3, -0.25) is 9.89 Å². The van der Waals surface area contributed by atoms with E-state index in [-0.39, 0.29) is 5.91 Å². The Morgan fingerprint density at radius 2 is 2.12 bits per heavy atom. The second kappa shape index (κ2) is 3.34. The molecule has 0 bridgehead atoms. The van der Waals surface area contributed by atoms with Crippen molar-refractivity contribution in [3.05, 3.63) is 47.8 Å². The first-order valence-electron chi connectivity index (χ1n) is 4.96. The highest BCUT2D eigenvalue weighted by atomic mass is 16.2. The normalized spacial score (nSPS) is 16.2. The maximum atomic E-state index is 11.7. The van der Waals surface area contributed by atoms with Gasteiger partial charge in [-0.2, -0.15) is 5.10 Å². The minimum atomic E-state index is -0.0672. The number of aromatic nitrogens is 2. The Hall–Kier alpha value is -2.36. The minimum Gasteiger partial charge on any atom is -0.321 e. The lowest BCUT2D eigenvalue weighted by atomic mass is 10.1. The van der Waals surface area contributed by atoms with Crippen LogP contribution in [0.4, 0.5) is 5.69 Å². The number of carbonyl (C=O) groups excluding carboxylic acids is 1. The minimum absolute atomic E-state index is 0.0672. The largest absolute Gasteiger partial charge is 0.321 e. The molecule has 0 spiro atoms. The second-order valence-corrected chi connectivity index (χ2v) is 3.59. The number of nitrogens with zero attached hydrogens (tertiary/aromatic N) is 1. The van der Waals surface area contributed by atoms with E-state index in [1.54, 1.807) is 12.4 Å². The van der Waals surface area contributed by atoms with E-state index < -0.39 is 0 Å². The molecule has 0 aliphatic carbocycles. The number of H-pyrrole nitrogens is 1. The summed E-state index contributed by atoms with van der Waals surface area (Å²) in [6.45, 7) is 0. The van der Waals surface area contributed by atoms with Gasteiger partial charge in [0, 0.05) is 28.6 Å². The summed E-state index contributed by atoms with van der Waals surface area (Å²) in [6, 6.07) is 7.64. The Kier molecular flexibility index (Phi) is 1.86. The molecule has 4 heteroatoms. The number of rotatable bonds is 1. The number of anilines is 1. The van der Waals surface area contributed by atoms with Gasteiger partial charge in [0.05, 0.1) is 6.20 Å². The van der Waals surface area contributed by atoms with Crippen LogP contribution in [0.5, 0.6) is 0 Å². The summed E-state index contributed by atoms with van der Waals surface area (Å²) in [4.78, 5) is 11.7. The first kappa shape index (κ1) is 8.91. The van der Waals surface area contributed by atoms with Crippen molar-refractivity contribution < 1.29 is 4.79 Å². The van der Waals surface area contributed by atoms with Crippen molar-refractivity contribution in [3.63, 3.8) is 0 Å². The number of carbonyl (C=O) groups is 1. The highest BCUT2D eigenvalue weighted by molar-refractivity contribution is 6.34. The first-order chi connectivity index (χ1) is 7.84. The van der Waals surface area contributed by atoms with E-state index in [2.05, 4.69) is 15.5 Å². The zero-order valence-corrected chi connectivity index (χ0v) is 8.40. The van der Waals surface area contributed by atoms with E-state index >= 15 is 0 Å². The second-order valence-electron chi connectivity index (χ2n) is 3.59. The Labute approximate surface area is 92.0 Å². The number of hydrogen-bond acceptors (Lipinski definition) is 2. The van der Waals surface area contributed by atoms with Gasteiger partial charge < -0.3 is 5.32 Å². The molecule has 4 nitrogen and oxygen atoms in total. The monoisotopic (exact) mass is 211 g/mol. The molecular formula is C12H9N3O. The van der Waals surface area contributed by atoms with Crippen LogP contribution < -0.4 is 5.32 Å². The molecule has 0 saturated carbocycles. The van der Waals surface area contributed by atoms with Crippen LogP contribution in [0.3, 0.4) is 0 Å². The van der Waals surface area contributed by atoms with Crippen LogP contribution in [-0.4, -0.2) is 16.1 Å². The fraction of sp³-hybridized carbons (Fsp3) is 0. The molecule has 3 rings (SSSR count). The molecule has 0 atom stereocenters. The van der Waals surface area contributed by atoms with Gasteiger partial charge in [0.2, 0.25) is 0 Å². The summed E-state index contributed by atoms with van der Waals surface area (Å²) in [5, 5.41) is 9.38. The molecule has 2 aromatic rings. The Morgan fingerprint density at radius 3 is 2.94 bits per heavy atom. The number of benzene rings is 1. The highest BCUT2D eigenvalue weighted by Gasteiger charge is 2.23. The fourth-order valence-corrected chi connectivity index (χ4v) is 1.79.